The second-order valence-corrected chi connectivity index (χ2v) is 6.40. The molecule has 0 amide bonds. The van der Waals surface area contributed by atoms with Crippen molar-refractivity contribution < 1.29 is 9.90 Å². The van der Waals surface area contributed by atoms with Gasteiger partial charge in [0.15, 0.2) is 0 Å². The van der Waals surface area contributed by atoms with E-state index in [9.17, 15) is 9.90 Å². The quantitative estimate of drug-likeness (QED) is 0.905. The van der Waals surface area contributed by atoms with Gasteiger partial charge in [-0.25, -0.2) is 9.78 Å². The second kappa shape index (κ2) is 5.88. The number of fused-ring (bicyclic) bond motifs is 1. The molecule has 0 saturated carbocycles. The predicted octanol–water partition coefficient (Wildman–Crippen LogP) is 3.97. The summed E-state index contributed by atoms with van der Waals surface area (Å²) < 4.78 is 2.16. The Hall–Kier alpha value is -1.84. The Balaban J connectivity index is 2.52. The molecule has 2 rings (SSSR count). The number of rotatable bonds is 5. The van der Waals surface area contributed by atoms with Crippen LogP contribution in [0.1, 0.15) is 43.9 Å². The fourth-order valence-electron chi connectivity index (χ4n) is 3.07. The molecule has 4 heteroatoms. The Kier molecular flexibility index (Phi) is 4.35. The van der Waals surface area contributed by atoms with Crippen LogP contribution in [0, 0.1) is 24.7 Å². The number of aryl methyl sites for hydroxylation is 1. The highest BCUT2D eigenvalue weighted by atomic mass is 16.4. The second-order valence-electron chi connectivity index (χ2n) is 6.40. The standard InChI is InChI=1S/C17H24N2O2/c1-10(2)14(11(3)4)9-19-12(5)18-16-13(17(20)21)7-6-8-15(16)19/h6-8,10-11,14H,9H2,1-5H3,(H,20,21). The van der Waals surface area contributed by atoms with Crippen LogP contribution in [-0.2, 0) is 6.54 Å². The van der Waals surface area contributed by atoms with Gasteiger partial charge >= 0.3 is 5.97 Å². The zero-order valence-corrected chi connectivity index (χ0v) is 13.4. The molecule has 0 bridgehead atoms. The van der Waals surface area contributed by atoms with Crippen molar-refractivity contribution >= 4 is 17.0 Å². The number of para-hydroxylation sites is 1. The predicted molar refractivity (Wildman–Crippen MR) is 84.6 cm³/mol. The van der Waals surface area contributed by atoms with Gasteiger partial charge in [0.1, 0.15) is 11.3 Å². The average Bonchev–Trinajstić information content (AvgIpc) is 2.70. The average molecular weight is 288 g/mol. The highest BCUT2D eigenvalue weighted by Gasteiger charge is 2.21. The van der Waals surface area contributed by atoms with Crippen molar-refractivity contribution in [1.82, 2.24) is 9.55 Å². The van der Waals surface area contributed by atoms with E-state index in [1.54, 1.807) is 12.1 Å². The summed E-state index contributed by atoms with van der Waals surface area (Å²) in [6.07, 6.45) is 0. The SMILES string of the molecule is Cc1nc2c(C(=O)O)cccc2n1CC(C(C)C)C(C)C. The maximum Gasteiger partial charge on any atom is 0.337 e. The largest absolute Gasteiger partial charge is 0.478 e. The number of aromatic nitrogens is 2. The lowest BCUT2D eigenvalue weighted by Gasteiger charge is -2.26. The molecule has 0 atom stereocenters. The van der Waals surface area contributed by atoms with E-state index in [2.05, 4.69) is 37.2 Å². The number of imidazole rings is 1. The molecule has 0 radical (unpaired) electrons. The van der Waals surface area contributed by atoms with Gasteiger partial charge in [-0.3, -0.25) is 0 Å². The van der Waals surface area contributed by atoms with Crippen molar-refractivity contribution in [2.45, 2.75) is 41.2 Å². The lowest BCUT2D eigenvalue weighted by molar-refractivity contribution is 0.0699. The summed E-state index contributed by atoms with van der Waals surface area (Å²) in [5.41, 5.74) is 1.78. The molecule has 0 saturated heterocycles. The summed E-state index contributed by atoms with van der Waals surface area (Å²) in [5, 5.41) is 9.29. The fourth-order valence-corrected chi connectivity index (χ4v) is 3.07. The van der Waals surface area contributed by atoms with Gasteiger partial charge in [-0.2, -0.15) is 0 Å². The van der Waals surface area contributed by atoms with Crippen molar-refractivity contribution in [2.24, 2.45) is 17.8 Å². The van der Waals surface area contributed by atoms with Gasteiger partial charge in [0.2, 0.25) is 0 Å². The van der Waals surface area contributed by atoms with Gasteiger partial charge < -0.3 is 9.67 Å². The molecule has 1 aromatic heterocycles. The maximum atomic E-state index is 11.3. The molecule has 0 spiro atoms. The van der Waals surface area contributed by atoms with Crippen LogP contribution in [0.15, 0.2) is 18.2 Å². The number of hydrogen-bond donors (Lipinski definition) is 1. The normalized spacial score (nSPS) is 12.0. The minimum absolute atomic E-state index is 0.278. The van der Waals surface area contributed by atoms with Crippen LogP contribution in [-0.4, -0.2) is 20.6 Å². The third kappa shape index (κ3) is 2.94. The molecule has 0 aliphatic rings. The zero-order valence-electron chi connectivity index (χ0n) is 13.4. The van der Waals surface area contributed by atoms with Crippen LogP contribution >= 0.6 is 0 Å². The summed E-state index contributed by atoms with van der Waals surface area (Å²) in [5.74, 6) is 1.64. The van der Waals surface area contributed by atoms with Crippen molar-refractivity contribution in [3.8, 4) is 0 Å². The first-order valence-electron chi connectivity index (χ1n) is 7.52. The topological polar surface area (TPSA) is 55.1 Å². The molecule has 1 heterocycles. The van der Waals surface area contributed by atoms with E-state index in [1.807, 2.05) is 13.0 Å². The minimum Gasteiger partial charge on any atom is -0.478 e. The van der Waals surface area contributed by atoms with E-state index >= 15 is 0 Å². The molecule has 1 aromatic carbocycles. The number of carbonyl (C=O) groups is 1. The number of carboxylic acids is 1. The number of aromatic carboxylic acids is 1. The molecule has 2 aromatic rings. The minimum atomic E-state index is -0.922. The summed E-state index contributed by atoms with van der Waals surface area (Å²) in [4.78, 5) is 15.8. The van der Waals surface area contributed by atoms with E-state index in [-0.39, 0.29) is 5.56 Å². The Bertz CT molecular complexity index is 648. The van der Waals surface area contributed by atoms with Gasteiger partial charge in [-0.05, 0) is 36.8 Å². The van der Waals surface area contributed by atoms with E-state index < -0.39 is 5.97 Å². The Morgan fingerprint density at radius 3 is 2.38 bits per heavy atom. The van der Waals surface area contributed by atoms with Gasteiger partial charge in [0, 0.05) is 6.54 Å². The Morgan fingerprint density at radius 1 is 1.24 bits per heavy atom. The van der Waals surface area contributed by atoms with E-state index in [0.717, 1.165) is 17.9 Å². The molecule has 114 valence electrons. The molecule has 1 N–H and O–H groups in total. The monoisotopic (exact) mass is 288 g/mol. The van der Waals surface area contributed by atoms with Gasteiger partial charge in [0.05, 0.1) is 11.1 Å². The van der Waals surface area contributed by atoms with Crippen molar-refractivity contribution in [3.63, 3.8) is 0 Å². The van der Waals surface area contributed by atoms with Crippen molar-refractivity contribution in [1.29, 1.82) is 0 Å². The van der Waals surface area contributed by atoms with Gasteiger partial charge in [-0.1, -0.05) is 33.8 Å². The lowest BCUT2D eigenvalue weighted by Crippen LogP contribution is -2.22. The first-order chi connectivity index (χ1) is 9.82. The van der Waals surface area contributed by atoms with Crippen LogP contribution in [0.5, 0.6) is 0 Å². The summed E-state index contributed by atoms with van der Waals surface area (Å²) in [6.45, 7) is 11.8. The maximum absolute atomic E-state index is 11.3. The number of nitrogens with zero attached hydrogens (tertiary/aromatic N) is 2. The zero-order chi connectivity index (χ0) is 15.7. The number of carboxylic acid groups (broad SMARTS) is 1. The van der Waals surface area contributed by atoms with E-state index in [1.165, 1.54) is 0 Å². The van der Waals surface area contributed by atoms with Crippen molar-refractivity contribution in [2.75, 3.05) is 0 Å². The number of benzene rings is 1. The van der Waals surface area contributed by atoms with E-state index in [4.69, 9.17) is 0 Å². The molecule has 0 aliphatic heterocycles. The molecular weight excluding hydrogens is 264 g/mol. The first-order valence-corrected chi connectivity index (χ1v) is 7.52. The third-order valence-corrected chi connectivity index (χ3v) is 4.31. The summed E-state index contributed by atoms with van der Waals surface area (Å²) in [6, 6.07) is 5.37. The summed E-state index contributed by atoms with van der Waals surface area (Å²) in [7, 11) is 0. The molecular formula is C17H24N2O2. The Labute approximate surface area is 125 Å². The first kappa shape index (κ1) is 15.5. The van der Waals surface area contributed by atoms with Crippen molar-refractivity contribution in [3.05, 3.63) is 29.6 Å². The van der Waals surface area contributed by atoms with Crippen LogP contribution in [0.25, 0.3) is 11.0 Å². The van der Waals surface area contributed by atoms with Crippen LogP contribution in [0.3, 0.4) is 0 Å². The summed E-state index contributed by atoms with van der Waals surface area (Å²) >= 11 is 0. The fraction of sp³-hybridized carbons (Fsp3) is 0.529. The highest BCUT2D eigenvalue weighted by molar-refractivity contribution is 6.01. The molecule has 0 unspecified atom stereocenters. The molecule has 21 heavy (non-hydrogen) atoms. The van der Waals surface area contributed by atoms with E-state index in [0.29, 0.717) is 23.3 Å². The lowest BCUT2D eigenvalue weighted by atomic mass is 9.85. The van der Waals surface area contributed by atoms with Crippen LogP contribution < -0.4 is 0 Å². The third-order valence-electron chi connectivity index (χ3n) is 4.31. The van der Waals surface area contributed by atoms with Gasteiger partial charge in [0.25, 0.3) is 0 Å². The van der Waals surface area contributed by atoms with Gasteiger partial charge in [-0.15, -0.1) is 0 Å². The smallest absolute Gasteiger partial charge is 0.337 e. The van der Waals surface area contributed by atoms with Crippen LogP contribution in [0.2, 0.25) is 0 Å². The highest BCUT2D eigenvalue weighted by Crippen LogP contribution is 2.27. The number of hydrogen-bond acceptors (Lipinski definition) is 2. The Morgan fingerprint density at radius 2 is 1.86 bits per heavy atom. The molecule has 0 fully saturated rings. The molecule has 4 nitrogen and oxygen atoms in total. The van der Waals surface area contributed by atoms with Crippen LogP contribution in [0.4, 0.5) is 0 Å². The molecule has 0 aliphatic carbocycles.